The van der Waals surface area contributed by atoms with Gasteiger partial charge < -0.3 is 20.9 Å². The van der Waals surface area contributed by atoms with Crippen LogP contribution in [-0.4, -0.2) is 43.1 Å². The summed E-state index contributed by atoms with van der Waals surface area (Å²) in [6, 6.07) is 23.0. The van der Waals surface area contributed by atoms with E-state index in [0.29, 0.717) is 37.7 Å². The largest absolute Gasteiger partial charge is 0.497 e. The van der Waals surface area contributed by atoms with E-state index in [0.717, 1.165) is 11.1 Å². The molecule has 0 aliphatic heterocycles. The highest BCUT2D eigenvalue weighted by Gasteiger charge is 2.29. The molecular formula is C31H32N4O8S2. The van der Waals surface area contributed by atoms with Gasteiger partial charge in [0.1, 0.15) is 11.5 Å². The van der Waals surface area contributed by atoms with E-state index in [2.05, 4.69) is 0 Å². The first kappa shape index (κ1) is 32.8. The number of ether oxygens (including phenoxy) is 2. The summed E-state index contributed by atoms with van der Waals surface area (Å²) >= 11 is 0. The average Bonchev–Trinajstić information content (AvgIpc) is 2.99. The normalized spacial score (nSPS) is 11.4. The van der Waals surface area contributed by atoms with Gasteiger partial charge in [-0.25, -0.2) is 26.4 Å². The van der Waals surface area contributed by atoms with E-state index in [4.69, 9.17) is 20.9 Å². The van der Waals surface area contributed by atoms with E-state index in [1.165, 1.54) is 38.5 Å². The highest BCUT2D eigenvalue weighted by Crippen LogP contribution is 2.26. The maximum Gasteiger partial charge on any atom is 0.333 e. The lowest BCUT2D eigenvalue weighted by Crippen LogP contribution is -2.41. The van der Waals surface area contributed by atoms with Gasteiger partial charge in [0.15, 0.2) is 0 Å². The lowest BCUT2D eigenvalue weighted by Gasteiger charge is -2.21. The standard InChI is InChI=1S/C31H32N4O8S2/c1-42-28-15-7-24(8-16-28)20-44(38,39)34(30(32)36)26-11-3-22(4-12-26)19-23-5-13-27(14-6-23)35(31(33)37)45(40,41)21-25-9-17-29(43-2)18-10-25/h3-18H,19-21H2,1-2H3,(H2,32,36)(H2,33,37). The first-order valence-corrected chi connectivity index (χ1v) is 16.6. The smallest absolute Gasteiger partial charge is 0.333 e. The van der Waals surface area contributed by atoms with Crippen LogP contribution in [0.25, 0.3) is 0 Å². The Bertz CT molecular complexity index is 1720. The highest BCUT2D eigenvalue weighted by molar-refractivity contribution is 7.93. The Labute approximate surface area is 261 Å². The van der Waals surface area contributed by atoms with Gasteiger partial charge in [-0.3, -0.25) is 0 Å². The molecule has 4 rings (SSSR count). The maximum absolute atomic E-state index is 13.1. The molecule has 14 heteroatoms. The number of carbonyl (C=O) groups is 2. The quantitative estimate of drug-likeness (QED) is 0.229. The number of hydrogen-bond acceptors (Lipinski definition) is 8. The molecule has 0 radical (unpaired) electrons. The van der Waals surface area contributed by atoms with Gasteiger partial charge in [-0.2, -0.15) is 8.61 Å². The van der Waals surface area contributed by atoms with Crippen LogP contribution in [0.2, 0.25) is 0 Å². The number of primary amides is 2. The number of amides is 4. The summed E-state index contributed by atoms with van der Waals surface area (Å²) in [6.45, 7) is 0. The zero-order valence-corrected chi connectivity index (χ0v) is 26.1. The number of carbonyl (C=O) groups excluding carboxylic acids is 2. The molecular weight excluding hydrogens is 620 g/mol. The third kappa shape index (κ3) is 8.10. The van der Waals surface area contributed by atoms with Crippen molar-refractivity contribution in [1.82, 2.24) is 0 Å². The molecule has 0 unspecified atom stereocenters. The number of methoxy groups -OCH3 is 2. The first-order chi connectivity index (χ1) is 21.3. The molecule has 0 heterocycles. The predicted molar refractivity (Wildman–Crippen MR) is 171 cm³/mol. The van der Waals surface area contributed by atoms with Crippen LogP contribution < -0.4 is 29.6 Å². The van der Waals surface area contributed by atoms with E-state index >= 15 is 0 Å². The van der Waals surface area contributed by atoms with Gasteiger partial charge in [-0.1, -0.05) is 48.5 Å². The van der Waals surface area contributed by atoms with Crippen molar-refractivity contribution in [2.24, 2.45) is 11.5 Å². The van der Waals surface area contributed by atoms with Crippen molar-refractivity contribution in [2.45, 2.75) is 17.9 Å². The Morgan fingerprint density at radius 1 is 0.533 bits per heavy atom. The van der Waals surface area contributed by atoms with Crippen LogP contribution in [0.3, 0.4) is 0 Å². The Kier molecular flexibility index (Phi) is 9.99. The van der Waals surface area contributed by atoms with Gasteiger partial charge in [0.2, 0.25) is 20.0 Å². The molecule has 0 atom stereocenters. The van der Waals surface area contributed by atoms with Crippen LogP contribution in [0, 0.1) is 0 Å². The van der Waals surface area contributed by atoms with Crippen LogP contribution in [-0.2, 0) is 38.0 Å². The Morgan fingerprint density at radius 3 is 1.09 bits per heavy atom. The number of sulfonamides is 2. The van der Waals surface area contributed by atoms with Crippen LogP contribution in [0.5, 0.6) is 11.5 Å². The lowest BCUT2D eigenvalue weighted by molar-refractivity contribution is 0.256. The molecule has 236 valence electrons. The summed E-state index contributed by atoms with van der Waals surface area (Å²) in [5.41, 5.74) is 13.5. The summed E-state index contributed by atoms with van der Waals surface area (Å²) in [7, 11) is -5.32. The summed E-state index contributed by atoms with van der Waals surface area (Å²) < 4.78 is 63.8. The number of nitrogens with zero attached hydrogens (tertiary/aromatic N) is 2. The molecule has 0 bridgehead atoms. The fourth-order valence-electron chi connectivity index (χ4n) is 4.58. The molecule has 4 aromatic rings. The van der Waals surface area contributed by atoms with Crippen LogP contribution in [0.1, 0.15) is 22.3 Å². The molecule has 12 nitrogen and oxygen atoms in total. The molecule has 4 amide bonds. The number of urea groups is 2. The molecule has 0 spiro atoms. The molecule has 0 aromatic heterocycles. The fraction of sp³-hybridized carbons (Fsp3) is 0.161. The SMILES string of the molecule is COc1ccc(CS(=O)(=O)N(C(N)=O)c2ccc(Cc3ccc(N(C(N)=O)S(=O)(=O)Cc4ccc(OC)cc4)cc3)cc2)cc1. The number of rotatable bonds is 12. The fourth-order valence-corrected chi connectivity index (χ4v) is 7.50. The zero-order valence-electron chi connectivity index (χ0n) is 24.5. The molecule has 0 fully saturated rings. The second-order valence-electron chi connectivity index (χ2n) is 9.92. The molecule has 45 heavy (non-hydrogen) atoms. The van der Waals surface area contributed by atoms with Gasteiger partial charge in [-0.15, -0.1) is 0 Å². The molecule has 4 aromatic carbocycles. The van der Waals surface area contributed by atoms with Crippen LogP contribution in [0.4, 0.5) is 21.0 Å². The Balaban J connectivity index is 1.48. The average molecular weight is 653 g/mol. The lowest BCUT2D eigenvalue weighted by atomic mass is 10.0. The van der Waals surface area contributed by atoms with E-state index in [1.807, 2.05) is 0 Å². The minimum atomic E-state index is -4.15. The van der Waals surface area contributed by atoms with Crippen molar-refractivity contribution >= 4 is 43.5 Å². The van der Waals surface area contributed by atoms with Crippen LogP contribution in [0.15, 0.2) is 97.1 Å². The molecule has 0 saturated carbocycles. The Morgan fingerprint density at radius 2 is 0.822 bits per heavy atom. The van der Waals surface area contributed by atoms with E-state index < -0.39 is 43.6 Å². The number of benzene rings is 4. The third-order valence-electron chi connectivity index (χ3n) is 6.72. The van der Waals surface area contributed by atoms with Crippen molar-refractivity contribution < 1.29 is 35.9 Å². The van der Waals surface area contributed by atoms with Crippen molar-refractivity contribution in [3.05, 3.63) is 119 Å². The minimum Gasteiger partial charge on any atom is -0.497 e. The number of nitrogens with two attached hydrogens (primary N) is 2. The third-order valence-corrected chi connectivity index (χ3v) is 10.0. The summed E-state index contributed by atoms with van der Waals surface area (Å²) in [4.78, 5) is 24.4. The van der Waals surface area contributed by atoms with Gasteiger partial charge in [0, 0.05) is 0 Å². The van der Waals surface area contributed by atoms with Gasteiger partial charge in [0.05, 0.1) is 37.1 Å². The Hall–Kier alpha value is -5.08. The topological polar surface area (TPSA) is 179 Å². The van der Waals surface area contributed by atoms with E-state index in [-0.39, 0.29) is 11.4 Å². The number of anilines is 2. The highest BCUT2D eigenvalue weighted by atomic mass is 32.2. The second-order valence-corrected chi connectivity index (χ2v) is 13.6. The molecule has 0 aliphatic rings. The monoisotopic (exact) mass is 652 g/mol. The van der Waals surface area contributed by atoms with Crippen molar-refractivity contribution in [3.8, 4) is 11.5 Å². The van der Waals surface area contributed by atoms with E-state index in [1.54, 1.807) is 72.8 Å². The zero-order chi connectivity index (χ0) is 32.8. The number of hydrogen-bond donors (Lipinski definition) is 2. The predicted octanol–water partition coefficient (Wildman–Crippen LogP) is 4.12. The minimum absolute atomic E-state index is 0.0780. The van der Waals surface area contributed by atoms with Crippen LogP contribution >= 0.6 is 0 Å². The van der Waals surface area contributed by atoms with E-state index in [9.17, 15) is 26.4 Å². The van der Waals surface area contributed by atoms with Crippen molar-refractivity contribution in [1.29, 1.82) is 0 Å². The summed E-state index contributed by atoms with van der Waals surface area (Å²) in [5, 5.41) is 0. The maximum atomic E-state index is 13.1. The molecule has 0 saturated heterocycles. The van der Waals surface area contributed by atoms with Gasteiger partial charge >= 0.3 is 12.1 Å². The van der Waals surface area contributed by atoms with Crippen molar-refractivity contribution in [3.63, 3.8) is 0 Å². The summed E-state index contributed by atoms with van der Waals surface area (Å²) in [6.07, 6.45) is 0.380. The van der Waals surface area contributed by atoms with Crippen molar-refractivity contribution in [2.75, 3.05) is 22.8 Å². The van der Waals surface area contributed by atoms with Gasteiger partial charge in [0.25, 0.3) is 0 Å². The molecule has 4 N–H and O–H groups in total. The first-order valence-electron chi connectivity index (χ1n) is 13.4. The molecule has 0 aliphatic carbocycles. The van der Waals surface area contributed by atoms with Gasteiger partial charge in [-0.05, 0) is 77.2 Å². The summed E-state index contributed by atoms with van der Waals surface area (Å²) in [5.74, 6) is 0.222. The second kappa shape index (κ2) is 13.7.